The van der Waals surface area contributed by atoms with Crippen LogP contribution >= 0.6 is 15.9 Å². The molecular formula is C25H21BrN2O5S. The van der Waals surface area contributed by atoms with Crippen LogP contribution in [0, 0.1) is 0 Å². The molecule has 0 bridgehead atoms. The second-order valence-electron chi connectivity index (χ2n) is 8.14. The van der Waals surface area contributed by atoms with E-state index in [0.717, 1.165) is 16.0 Å². The van der Waals surface area contributed by atoms with E-state index in [2.05, 4.69) is 15.9 Å². The van der Waals surface area contributed by atoms with Crippen molar-refractivity contribution < 1.29 is 22.7 Å². The quantitative estimate of drug-likeness (QED) is 0.456. The fourth-order valence-corrected chi connectivity index (χ4v) is 6.96. The van der Waals surface area contributed by atoms with Gasteiger partial charge < -0.3 is 4.74 Å². The van der Waals surface area contributed by atoms with E-state index >= 15 is 0 Å². The number of amides is 2. The summed E-state index contributed by atoms with van der Waals surface area (Å²) in [5.74, 6) is -0.608. The van der Waals surface area contributed by atoms with Crippen molar-refractivity contribution in [3.8, 4) is 5.75 Å². The molecule has 7 nitrogen and oxygen atoms in total. The number of carbonyl (C=O) groups excluding carboxylic acids is 2. The highest BCUT2D eigenvalue weighted by atomic mass is 79.9. The Morgan fingerprint density at radius 2 is 1.62 bits per heavy atom. The Morgan fingerprint density at radius 3 is 2.29 bits per heavy atom. The van der Waals surface area contributed by atoms with Crippen LogP contribution in [-0.4, -0.2) is 49.6 Å². The SMILES string of the molecule is COc1ccc(Br)cc1S(=O)(=O)N1CCc2ccccc2[C@@H]1CN1C(=O)c2ccccc2C1=O. The van der Waals surface area contributed by atoms with E-state index in [1.54, 1.807) is 36.4 Å². The average Bonchev–Trinajstić information content (AvgIpc) is 3.09. The molecule has 3 aromatic rings. The van der Waals surface area contributed by atoms with Gasteiger partial charge in [0.15, 0.2) is 0 Å². The molecule has 2 aliphatic heterocycles. The molecule has 5 rings (SSSR count). The smallest absolute Gasteiger partial charge is 0.261 e. The van der Waals surface area contributed by atoms with Crippen molar-refractivity contribution in [1.82, 2.24) is 9.21 Å². The van der Waals surface area contributed by atoms with Crippen molar-refractivity contribution in [1.29, 1.82) is 0 Å². The van der Waals surface area contributed by atoms with Crippen LogP contribution < -0.4 is 4.74 Å². The molecule has 0 unspecified atom stereocenters. The van der Waals surface area contributed by atoms with Gasteiger partial charge in [0.05, 0.1) is 30.8 Å². The molecule has 2 aliphatic rings. The van der Waals surface area contributed by atoms with Crippen LogP contribution in [0.15, 0.2) is 76.1 Å². The number of halogens is 1. The summed E-state index contributed by atoms with van der Waals surface area (Å²) in [7, 11) is -2.61. The topological polar surface area (TPSA) is 84.0 Å². The van der Waals surface area contributed by atoms with Crippen LogP contribution in [0.2, 0.25) is 0 Å². The number of carbonyl (C=O) groups is 2. The first-order chi connectivity index (χ1) is 16.3. The van der Waals surface area contributed by atoms with Gasteiger partial charge in [0.2, 0.25) is 10.0 Å². The van der Waals surface area contributed by atoms with E-state index in [0.29, 0.717) is 22.0 Å². The second kappa shape index (κ2) is 8.65. The van der Waals surface area contributed by atoms with Gasteiger partial charge in [-0.2, -0.15) is 4.31 Å². The van der Waals surface area contributed by atoms with E-state index < -0.39 is 27.9 Å². The molecule has 34 heavy (non-hydrogen) atoms. The predicted octanol–water partition coefficient (Wildman–Crippen LogP) is 4.04. The first kappa shape index (κ1) is 22.8. The van der Waals surface area contributed by atoms with Gasteiger partial charge >= 0.3 is 0 Å². The maximum absolute atomic E-state index is 13.9. The van der Waals surface area contributed by atoms with E-state index in [-0.39, 0.29) is 23.7 Å². The number of fused-ring (bicyclic) bond motifs is 2. The van der Waals surface area contributed by atoms with Crippen molar-refractivity contribution in [2.24, 2.45) is 0 Å². The molecule has 0 fully saturated rings. The fourth-order valence-electron chi connectivity index (χ4n) is 4.66. The normalized spacial score (nSPS) is 18.1. The molecule has 0 aliphatic carbocycles. The third kappa shape index (κ3) is 3.64. The van der Waals surface area contributed by atoms with Crippen LogP contribution in [0.4, 0.5) is 0 Å². The maximum atomic E-state index is 13.9. The number of benzene rings is 3. The summed E-state index contributed by atoms with van der Waals surface area (Å²) in [5, 5.41) is 0. The first-order valence-electron chi connectivity index (χ1n) is 10.7. The maximum Gasteiger partial charge on any atom is 0.261 e. The molecule has 3 aromatic carbocycles. The minimum atomic E-state index is -4.03. The van der Waals surface area contributed by atoms with E-state index in [4.69, 9.17) is 4.74 Å². The van der Waals surface area contributed by atoms with Crippen molar-refractivity contribution in [2.45, 2.75) is 17.4 Å². The van der Waals surface area contributed by atoms with Crippen LogP contribution in [0.5, 0.6) is 5.75 Å². The molecule has 9 heteroatoms. The lowest BCUT2D eigenvalue weighted by Gasteiger charge is -2.38. The minimum absolute atomic E-state index is 0.0242. The van der Waals surface area contributed by atoms with Crippen molar-refractivity contribution >= 4 is 37.8 Å². The van der Waals surface area contributed by atoms with Crippen molar-refractivity contribution in [2.75, 3.05) is 20.2 Å². The Labute approximate surface area is 206 Å². The third-order valence-electron chi connectivity index (χ3n) is 6.31. The number of sulfonamides is 1. The van der Waals surface area contributed by atoms with Crippen molar-refractivity contribution in [3.05, 3.63) is 93.5 Å². The zero-order chi connectivity index (χ0) is 24.0. The summed E-state index contributed by atoms with van der Waals surface area (Å²) >= 11 is 3.35. The fraction of sp³-hybridized carbons (Fsp3) is 0.200. The molecular weight excluding hydrogens is 520 g/mol. The Bertz CT molecular complexity index is 1390. The largest absolute Gasteiger partial charge is 0.495 e. The van der Waals surface area contributed by atoms with E-state index in [9.17, 15) is 18.0 Å². The van der Waals surface area contributed by atoms with Gasteiger partial charge in [-0.1, -0.05) is 52.3 Å². The molecule has 174 valence electrons. The molecule has 2 heterocycles. The standard InChI is InChI=1S/C25H21BrN2O5S/c1-33-22-11-10-17(26)14-23(22)34(31,32)28-13-12-16-6-2-3-7-18(16)21(28)15-27-24(29)19-8-4-5-9-20(19)25(27)30/h2-11,14,21H,12-13,15H2,1H3/t21-/m0/s1. The minimum Gasteiger partial charge on any atom is -0.495 e. The summed E-state index contributed by atoms with van der Waals surface area (Å²) in [6.07, 6.45) is 0.518. The number of ether oxygens (including phenoxy) is 1. The highest BCUT2D eigenvalue weighted by Crippen LogP contribution is 2.39. The van der Waals surface area contributed by atoms with E-state index in [1.807, 2.05) is 24.3 Å². The second-order valence-corrected chi connectivity index (χ2v) is 10.9. The molecule has 0 spiro atoms. The number of imide groups is 1. The van der Waals surface area contributed by atoms with Gasteiger partial charge in [-0.3, -0.25) is 14.5 Å². The Hall–Kier alpha value is -3.01. The number of nitrogens with zero attached hydrogens (tertiary/aromatic N) is 2. The molecule has 0 saturated carbocycles. The zero-order valence-corrected chi connectivity index (χ0v) is 20.7. The molecule has 0 radical (unpaired) electrons. The number of rotatable bonds is 5. The van der Waals surface area contributed by atoms with Gasteiger partial charge in [-0.05, 0) is 47.9 Å². The lowest BCUT2D eigenvalue weighted by molar-refractivity contribution is 0.0616. The van der Waals surface area contributed by atoms with Gasteiger partial charge in [0.25, 0.3) is 11.8 Å². The highest BCUT2D eigenvalue weighted by molar-refractivity contribution is 9.10. The first-order valence-corrected chi connectivity index (χ1v) is 12.9. The van der Waals surface area contributed by atoms with Crippen molar-refractivity contribution in [3.63, 3.8) is 0 Å². The average molecular weight is 541 g/mol. The van der Waals surface area contributed by atoms with Gasteiger partial charge in [0, 0.05) is 11.0 Å². The van der Waals surface area contributed by atoms with Gasteiger partial charge in [0.1, 0.15) is 10.6 Å². The summed E-state index contributed by atoms with van der Waals surface area (Å²) in [5.41, 5.74) is 2.44. The number of methoxy groups -OCH3 is 1. The zero-order valence-electron chi connectivity index (χ0n) is 18.3. The van der Waals surface area contributed by atoms with Gasteiger partial charge in [-0.25, -0.2) is 8.42 Å². The van der Waals surface area contributed by atoms with Crippen LogP contribution in [0.3, 0.4) is 0 Å². The molecule has 2 amide bonds. The summed E-state index contributed by atoms with van der Waals surface area (Å²) in [6, 6.07) is 18.3. The van der Waals surface area contributed by atoms with Crippen LogP contribution in [0.1, 0.15) is 37.9 Å². The highest BCUT2D eigenvalue weighted by Gasteiger charge is 2.43. The van der Waals surface area contributed by atoms with Crippen LogP contribution in [-0.2, 0) is 16.4 Å². The Morgan fingerprint density at radius 1 is 0.971 bits per heavy atom. The summed E-state index contributed by atoms with van der Waals surface area (Å²) in [4.78, 5) is 27.3. The molecule has 0 aromatic heterocycles. The van der Waals surface area contributed by atoms with E-state index in [1.165, 1.54) is 17.5 Å². The molecule has 0 N–H and O–H groups in total. The monoisotopic (exact) mass is 540 g/mol. The molecule has 0 saturated heterocycles. The predicted molar refractivity (Wildman–Crippen MR) is 129 cm³/mol. The number of hydrogen-bond donors (Lipinski definition) is 0. The Kier molecular flexibility index (Phi) is 5.79. The number of hydrogen-bond acceptors (Lipinski definition) is 5. The third-order valence-corrected chi connectivity index (χ3v) is 8.73. The lowest BCUT2D eigenvalue weighted by Crippen LogP contribution is -2.46. The summed E-state index contributed by atoms with van der Waals surface area (Å²) < 4.78 is 35.2. The lowest BCUT2D eigenvalue weighted by atomic mass is 9.94. The Balaban J connectivity index is 1.59. The van der Waals surface area contributed by atoms with Crippen LogP contribution in [0.25, 0.3) is 0 Å². The summed E-state index contributed by atoms with van der Waals surface area (Å²) in [6.45, 7) is 0.127. The van der Waals surface area contributed by atoms with Gasteiger partial charge in [-0.15, -0.1) is 0 Å². The molecule has 1 atom stereocenters.